The number of aromatic nitrogens is 3. The van der Waals surface area contributed by atoms with Crippen LogP contribution >= 0.6 is 12.2 Å². The van der Waals surface area contributed by atoms with Crippen LogP contribution in [0.5, 0.6) is 0 Å². The van der Waals surface area contributed by atoms with E-state index in [0.29, 0.717) is 4.77 Å². The van der Waals surface area contributed by atoms with Crippen LogP contribution in [0.4, 0.5) is 0 Å². The standard InChI is InChI=1S/C12H9N3S/c1-7-2-3-10-8(4-7)5-9-6-13-12(16)15-11(9)14-10/h2-6H,1H3,(H,13,14,15,16). The van der Waals surface area contributed by atoms with Crippen LogP contribution in [0.2, 0.25) is 0 Å². The third-order valence-corrected chi connectivity index (χ3v) is 2.75. The summed E-state index contributed by atoms with van der Waals surface area (Å²) < 4.78 is 0.464. The van der Waals surface area contributed by atoms with Crippen molar-refractivity contribution in [2.24, 2.45) is 0 Å². The van der Waals surface area contributed by atoms with Crippen LogP contribution in [0.15, 0.2) is 30.5 Å². The van der Waals surface area contributed by atoms with Crippen LogP contribution in [0, 0.1) is 11.7 Å². The highest BCUT2D eigenvalue weighted by Crippen LogP contribution is 2.18. The number of pyridine rings is 1. The molecule has 3 aromatic rings. The molecule has 4 heteroatoms. The second-order valence-electron chi connectivity index (χ2n) is 3.81. The minimum absolute atomic E-state index is 0.464. The molecule has 0 saturated heterocycles. The molecule has 0 unspecified atom stereocenters. The van der Waals surface area contributed by atoms with Gasteiger partial charge in [-0.05, 0) is 37.3 Å². The predicted molar refractivity (Wildman–Crippen MR) is 67.0 cm³/mol. The summed E-state index contributed by atoms with van der Waals surface area (Å²) in [6.07, 6.45) is 1.75. The molecule has 3 nitrogen and oxygen atoms in total. The Morgan fingerprint density at radius 2 is 2.06 bits per heavy atom. The van der Waals surface area contributed by atoms with Crippen LogP contribution in [-0.2, 0) is 0 Å². The van der Waals surface area contributed by atoms with E-state index in [1.54, 1.807) is 6.20 Å². The second-order valence-corrected chi connectivity index (χ2v) is 4.20. The smallest absolute Gasteiger partial charge is 0.198 e. The molecular formula is C12H9N3S. The van der Waals surface area contributed by atoms with E-state index in [0.717, 1.165) is 21.9 Å². The van der Waals surface area contributed by atoms with Crippen molar-refractivity contribution in [2.75, 3.05) is 0 Å². The van der Waals surface area contributed by atoms with Crippen molar-refractivity contribution < 1.29 is 0 Å². The molecule has 2 heterocycles. The van der Waals surface area contributed by atoms with Crippen molar-refractivity contribution in [3.63, 3.8) is 0 Å². The molecular weight excluding hydrogens is 218 g/mol. The highest BCUT2D eigenvalue weighted by atomic mass is 32.1. The topological polar surface area (TPSA) is 41.6 Å². The van der Waals surface area contributed by atoms with E-state index in [4.69, 9.17) is 12.2 Å². The minimum Gasteiger partial charge on any atom is -0.315 e. The largest absolute Gasteiger partial charge is 0.315 e. The van der Waals surface area contributed by atoms with Crippen molar-refractivity contribution in [3.05, 3.63) is 40.8 Å². The van der Waals surface area contributed by atoms with Crippen molar-refractivity contribution in [1.29, 1.82) is 0 Å². The fourth-order valence-electron chi connectivity index (χ4n) is 1.77. The number of benzene rings is 1. The highest BCUT2D eigenvalue weighted by molar-refractivity contribution is 7.71. The fourth-order valence-corrected chi connectivity index (χ4v) is 1.92. The lowest BCUT2D eigenvalue weighted by molar-refractivity contribution is 1.16. The zero-order chi connectivity index (χ0) is 11.1. The van der Waals surface area contributed by atoms with E-state index in [-0.39, 0.29) is 0 Å². The Balaban J connectivity index is 2.48. The lowest BCUT2D eigenvalue weighted by Gasteiger charge is -2.01. The second kappa shape index (κ2) is 3.35. The normalized spacial score (nSPS) is 11.1. The van der Waals surface area contributed by atoms with Crippen molar-refractivity contribution >= 4 is 34.2 Å². The zero-order valence-corrected chi connectivity index (χ0v) is 9.51. The van der Waals surface area contributed by atoms with Gasteiger partial charge in [0.15, 0.2) is 4.77 Å². The SMILES string of the molecule is Cc1ccc2nc3[nH]c(=S)ncc3cc2c1. The van der Waals surface area contributed by atoms with Crippen molar-refractivity contribution in [1.82, 2.24) is 15.0 Å². The van der Waals surface area contributed by atoms with E-state index < -0.39 is 0 Å². The number of fused-ring (bicyclic) bond motifs is 2. The third kappa shape index (κ3) is 1.47. The summed E-state index contributed by atoms with van der Waals surface area (Å²) in [5.74, 6) is 0. The summed E-state index contributed by atoms with van der Waals surface area (Å²) in [4.78, 5) is 11.6. The molecule has 78 valence electrons. The molecule has 2 aromatic heterocycles. The van der Waals surface area contributed by atoms with Crippen molar-refractivity contribution in [3.8, 4) is 0 Å². The van der Waals surface area contributed by atoms with Crippen LogP contribution in [0.1, 0.15) is 5.56 Å². The Morgan fingerprint density at radius 1 is 1.19 bits per heavy atom. The zero-order valence-electron chi connectivity index (χ0n) is 8.69. The van der Waals surface area contributed by atoms with Crippen LogP contribution in [-0.4, -0.2) is 15.0 Å². The van der Waals surface area contributed by atoms with Gasteiger partial charge >= 0.3 is 0 Å². The molecule has 0 saturated carbocycles. The van der Waals surface area contributed by atoms with E-state index in [1.165, 1.54) is 5.56 Å². The maximum absolute atomic E-state index is 4.98. The Bertz CT molecular complexity index is 746. The Kier molecular flexibility index (Phi) is 1.97. The molecule has 0 aliphatic rings. The first kappa shape index (κ1) is 9.42. The van der Waals surface area contributed by atoms with Gasteiger partial charge in [-0.15, -0.1) is 0 Å². The number of nitrogens with one attached hydrogen (secondary N) is 1. The number of aromatic amines is 1. The van der Waals surface area contributed by atoms with Gasteiger partial charge in [0, 0.05) is 17.0 Å². The van der Waals surface area contributed by atoms with E-state index >= 15 is 0 Å². The molecule has 0 bridgehead atoms. The van der Waals surface area contributed by atoms with Crippen molar-refractivity contribution in [2.45, 2.75) is 6.92 Å². The lowest BCUT2D eigenvalue weighted by Crippen LogP contribution is -1.88. The van der Waals surface area contributed by atoms with Gasteiger partial charge in [0.05, 0.1) is 5.52 Å². The summed E-state index contributed by atoms with van der Waals surface area (Å²) in [6, 6.07) is 8.25. The summed E-state index contributed by atoms with van der Waals surface area (Å²) in [5.41, 5.74) is 2.98. The molecule has 0 amide bonds. The highest BCUT2D eigenvalue weighted by Gasteiger charge is 2.00. The van der Waals surface area contributed by atoms with E-state index in [9.17, 15) is 0 Å². The van der Waals surface area contributed by atoms with Crippen LogP contribution in [0.25, 0.3) is 21.9 Å². The molecule has 0 aliphatic heterocycles. The fraction of sp³-hybridized carbons (Fsp3) is 0.0833. The average Bonchev–Trinajstić information content (AvgIpc) is 2.26. The molecule has 0 radical (unpaired) electrons. The predicted octanol–water partition coefficient (Wildman–Crippen LogP) is 3.15. The summed E-state index contributed by atoms with van der Waals surface area (Å²) in [5, 5.41) is 2.10. The van der Waals surface area contributed by atoms with Gasteiger partial charge < -0.3 is 4.98 Å². The number of H-pyrrole nitrogens is 1. The Morgan fingerprint density at radius 3 is 2.94 bits per heavy atom. The molecule has 0 fully saturated rings. The maximum atomic E-state index is 4.98. The first-order valence-electron chi connectivity index (χ1n) is 4.99. The van der Waals surface area contributed by atoms with Crippen LogP contribution in [0.3, 0.4) is 0 Å². The molecule has 3 rings (SSSR count). The summed E-state index contributed by atoms with van der Waals surface area (Å²) >= 11 is 4.98. The monoisotopic (exact) mass is 227 g/mol. The molecule has 1 N–H and O–H groups in total. The van der Waals surface area contributed by atoms with Gasteiger partial charge in [-0.2, -0.15) is 0 Å². The van der Waals surface area contributed by atoms with E-state index in [1.807, 2.05) is 6.07 Å². The molecule has 16 heavy (non-hydrogen) atoms. The first-order valence-corrected chi connectivity index (χ1v) is 5.40. The number of hydrogen-bond donors (Lipinski definition) is 1. The van der Waals surface area contributed by atoms with Gasteiger partial charge in [-0.25, -0.2) is 9.97 Å². The molecule has 0 spiro atoms. The number of nitrogens with zero attached hydrogens (tertiary/aromatic N) is 2. The number of rotatable bonds is 0. The quantitative estimate of drug-likeness (QED) is 0.474. The Labute approximate surface area is 97.2 Å². The minimum atomic E-state index is 0.464. The third-order valence-electron chi connectivity index (χ3n) is 2.55. The molecule has 0 aliphatic carbocycles. The Hall–Kier alpha value is -1.81. The lowest BCUT2D eigenvalue weighted by atomic mass is 10.1. The average molecular weight is 227 g/mol. The first-order chi connectivity index (χ1) is 7.72. The summed E-state index contributed by atoms with van der Waals surface area (Å²) in [7, 11) is 0. The number of aryl methyl sites for hydroxylation is 1. The van der Waals surface area contributed by atoms with Gasteiger partial charge in [-0.3, -0.25) is 0 Å². The maximum Gasteiger partial charge on any atom is 0.198 e. The van der Waals surface area contributed by atoms with Gasteiger partial charge in [0.1, 0.15) is 5.65 Å². The number of hydrogen-bond acceptors (Lipinski definition) is 3. The van der Waals surface area contributed by atoms with Gasteiger partial charge in [0.2, 0.25) is 0 Å². The molecule has 1 aromatic carbocycles. The van der Waals surface area contributed by atoms with Crippen LogP contribution < -0.4 is 0 Å². The van der Waals surface area contributed by atoms with E-state index in [2.05, 4.69) is 40.1 Å². The summed E-state index contributed by atoms with van der Waals surface area (Å²) in [6.45, 7) is 2.07. The van der Waals surface area contributed by atoms with Gasteiger partial charge in [-0.1, -0.05) is 11.6 Å². The molecule has 0 atom stereocenters. The van der Waals surface area contributed by atoms with Gasteiger partial charge in [0.25, 0.3) is 0 Å².